The molecule has 19 heavy (non-hydrogen) atoms. The van der Waals surface area contributed by atoms with Crippen LogP contribution in [0, 0.1) is 11.8 Å². The predicted molar refractivity (Wildman–Crippen MR) is 71.7 cm³/mol. The Morgan fingerprint density at radius 3 is 3.21 bits per heavy atom. The summed E-state index contributed by atoms with van der Waals surface area (Å²) in [6.45, 7) is 1.50. The molecule has 4 nitrogen and oxygen atoms in total. The van der Waals surface area contributed by atoms with E-state index in [0.29, 0.717) is 31.0 Å². The lowest BCUT2D eigenvalue weighted by atomic mass is 9.67. The van der Waals surface area contributed by atoms with Crippen molar-refractivity contribution in [3.05, 3.63) is 11.6 Å². The molecule has 1 heterocycles. The minimum Gasteiger partial charge on any atom is -0.384 e. The maximum Gasteiger partial charge on any atom is 0.224 e. The van der Waals surface area contributed by atoms with Gasteiger partial charge in [-0.25, -0.2) is 0 Å². The molecule has 0 bridgehead atoms. The highest BCUT2D eigenvalue weighted by Gasteiger charge is 2.54. The van der Waals surface area contributed by atoms with Gasteiger partial charge in [0, 0.05) is 38.0 Å². The molecule has 4 heteroatoms. The van der Waals surface area contributed by atoms with Gasteiger partial charge in [0.2, 0.25) is 5.91 Å². The van der Waals surface area contributed by atoms with Crippen molar-refractivity contribution in [1.82, 2.24) is 5.32 Å². The number of carbonyl (C=O) groups is 1. The number of amides is 1. The highest BCUT2D eigenvalue weighted by molar-refractivity contribution is 5.79. The van der Waals surface area contributed by atoms with E-state index in [2.05, 4.69) is 11.4 Å². The molecule has 0 aromatic carbocycles. The maximum absolute atomic E-state index is 12.1. The number of methoxy groups -OCH3 is 1. The number of hydrogen-bond acceptors (Lipinski definition) is 3. The fourth-order valence-corrected chi connectivity index (χ4v) is 3.78. The zero-order valence-corrected chi connectivity index (χ0v) is 11.6. The fraction of sp³-hybridized carbons (Fsp3) is 0.800. The van der Waals surface area contributed by atoms with Crippen LogP contribution in [0.3, 0.4) is 0 Å². The van der Waals surface area contributed by atoms with E-state index in [4.69, 9.17) is 9.47 Å². The van der Waals surface area contributed by atoms with Crippen LogP contribution in [0.4, 0.5) is 0 Å². The number of rotatable bonds is 5. The summed E-state index contributed by atoms with van der Waals surface area (Å²) < 4.78 is 11.0. The van der Waals surface area contributed by atoms with E-state index >= 15 is 0 Å². The standard InChI is InChI=1S/C15H23NO3/c1-18-9-12-14(11-6-7-19-15(11)12)16-13(17)8-10-4-2-3-5-10/h4,11-12,14-15H,2-3,5-9H2,1H3,(H,16,17)/t11-,12+,14-,15-/m1/s1. The van der Waals surface area contributed by atoms with Crippen molar-refractivity contribution >= 4 is 5.91 Å². The zero-order chi connectivity index (χ0) is 13.2. The van der Waals surface area contributed by atoms with Crippen molar-refractivity contribution < 1.29 is 14.3 Å². The Hall–Kier alpha value is -0.870. The van der Waals surface area contributed by atoms with Crippen molar-refractivity contribution in [3.63, 3.8) is 0 Å². The first-order valence-corrected chi connectivity index (χ1v) is 7.37. The molecule has 0 unspecified atom stereocenters. The van der Waals surface area contributed by atoms with Gasteiger partial charge in [-0.2, -0.15) is 0 Å². The van der Waals surface area contributed by atoms with Crippen molar-refractivity contribution in [2.75, 3.05) is 20.3 Å². The summed E-state index contributed by atoms with van der Waals surface area (Å²) in [7, 11) is 1.71. The summed E-state index contributed by atoms with van der Waals surface area (Å²) in [5, 5.41) is 3.21. The first-order valence-electron chi connectivity index (χ1n) is 7.37. The molecule has 2 aliphatic carbocycles. The lowest BCUT2D eigenvalue weighted by Crippen LogP contribution is -2.62. The normalized spacial score (nSPS) is 36.6. The lowest BCUT2D eigenvalue weighted by molar-refractivity contribution is -0.129. The van der Waals surface area contributed by atoms with Gasteiger partial charge < -0.3 is 14.8 Å². The Labute approximate surface area is 114 Å². The van der Waals surface area contributed by atoms with Crippen molar-refractivity contribution in [2.45, 2.75) is 44.2 Å². The molecule has 0 aromatic rings. The first-order chi connectivity index (χ1) is 9.29. The molecule has 1 aliphatic heterocycles. The first kappa shape index (κ1) is 13.1. The number of hydrogen-bond donors (Lipinski definition) is 1. The van der Waals surface area contributed by atoms with Crippen LogP contribution in [0.5, 0.6) is 0 Å². The van der Waals surface area contributed by atoms with E-state index in [1.165, 1.54) is 12.0 Å². The molecule has 1 saturated heterocycles. The molecule has 0 aromatic heterocycles. The fourth-order valence-electron chi connectivity index (χ4n) is 3.78. The third-order valence-corrected chi connectivity index (χ3v) is 4.74. The highest BCUT2D eigenvalue weighted by atomic mass is 16.5. The molecule has 3 aliphatic rings. The van der Waals surface area contributed by atoms with E-state index in [1.807, 2.05) is 0 Å². The molecule has 3 rings (SSSR count). The number of ether oxygens (including phenoxy) is 2. The van der Waals surface area contributed by atoms with Crippen LogP contribution in [0.2, 0.25) is 0 Å². The molecule has 1 N–H and O–H groups in total. The van der Waals surface area contributed by atoms with E-state index in [-0.39, 0.29) is 11.9 Å². The van der Waals surface area contributed by atoms with Gasteiger partial charge in [0.25, 0.3) is 0 Å². The van der Waals surface area contributed by atoms with E-state index in [1.54, 1.807) is 7.11 Å². The number of fused-ring (bicyclic) bond motifs is 1. The highest BCUT2D eigenvalue weighted by Crippen LogP contribution is 2.43. The maximum atomic E-state index is 12.1. The SMILES string of the molecule is COC[C@H]1[C@H](NC(=O)CC2=CCCC2)[C@H]2CCO[C@H]21. The summed E-state index contributed by atoms with van der Waals surface area (Å²) in [5.74, 6) is 1.00. The molecule has 1 amide bonds. The Kier molecular flexibility index (Phi) is 3.89. The predicted octanol–water partition coefficient (Wildman–Crippen LogP) is 1.65. The van der Waals surface area contributed by atoms with Crippen molar-refractivity contribution in [2.24, 2.45) is 11.8 Å². The number of carbonyl (C=O) groups excluding carboxylic acids is 1. The third kappa shape index (κ3) is 2.56. The van der Waals surface area contributed by atoms with Gasteiger partial charge in [-0.05, 0) is 25.7 Å². The summed E-state index contributed by atoms with van der Waals surface area (Å²) in [4.78, 5) is 12.1. The summed E-state index contributed by atoms with van der Waals surface area (Å²) in [6, 6.07) is 0.252. The summed E-state index contributed by atoms with van der Waals surface area (Å²) in [5.41, 5.74) is 1.30. The van der Waals surface area contributed by atoms with Crippen LogP contribution in [0.25, 0.3) is 0 Å². The Balaban J connectivity index is 1.54. The topological polar surface area (TPSA) is 47.6 Å². The van der Waals surface area contributed by atoms with Gasteiger partial charge in [-0.1, -0.05) is 11.6 Å². The van der Waals surface area contributed by atoms with Crippen LogP contribution in [0.15, 0.2) is 11.6 Å². The molecule has 1 saturated carbocycles. The quantitative estimate of drug-likeness (QED) is 0.769. The Morgan fingerprint density at radius 2 is 2.47 bits per heavy atom. The van der Waals surface area contributed by atoms with E-state index in [9.17, 15) is 4.79 Å². The summed E-state index contributed by atoms with van der Waals surface area (Å²) >= 11 is 0. The molecular formula is C15H23NO3. The van der Waals surface area contributed by atoms with Crippen LogP contribution in [0.1, 0.15) is 32.1 Å². The smallest absolute Gasteiger partial charge is 0.224 e. The van der Waals surface area contributed by atoms with Gasteiger partial charge in [-0.3, -0.25) is 4.79 Å². The van der Waals surface area contributed by atoms with Gasteiger partial charge >= 0.3 is 0 Å². The average Bonchev–Trinajstić information content (AvgIpc) is 3.02. The third-order valence-electron chi connectivity index (χ3n) is 4.74. The molecule has 2 fully saturated rings. The summed E-state index contributed by atoms with van der Waals surface area (Å²) in [6.07, 6.45) is 7.60. The number of nitrogens with one attached hydrogen (secondary N) is 1. The second-order valence-corrected chi connectivity index (χ2v) is 5.93. The second kappa shape index (κ2) is 5.63. The van der Waals surface area contributed by atoms with E-state index < -0.39 is 0 Å². The van der Waals surface area contributed by atoms with Gasteiger partial charge in [0.1, 0.15) is 0 Å². The van der Waals surface area contributed by atoms with Gasteiger partial charge in [-0.15, -0.1) is 0 Å². The van der Waals surface area contributed by atoms with Crippen LogP contribution in [-0.2, 0) is 14.3 Å². The average molecular weight is 265 g/mol. The van der Waals surface area contributed by atoms with Crippen LogP contribution in [-0.4, -0.2) is 38.4 Å². The van der Waals surface area contributed by atoms with Gasteiger partial charge in [0.15, 0.2) is 0 Å². The second-order valence-electron chi connectivity index (χ2n) is 5.93. The molecule has 106 valence electrons. The van der Waals surface area contributed by atoms with Gasteiger partial charge in [0.05, 0.1) is 12.7 Å². The Morgan fingerprint density at radius 1 is 1.58 bits per heavy atom. The molecular weight excluding hydrogens is 242 g/mol. The minimum absolute atomic E-state index is 0.171. The number of allylic oxidation sites excluding steroid dienone is 1. The molecule has 0 radical (unpaired) electrons. The Bertz CT molecular complexity index is 380. The largest absolute Gasteiger partial charge is 0.384 e. The molecule has 4 atom stereocenters. The van der Waals surface area contributed by atoms with Crippen LogP contribution >= 0.6 is 0 Å². The molecule has 0 spiro atoms. The monoisotopic (exact) mass is 265 g/mol. The van der Waals surface area contributed by atoms with Crippen LogP contribution < -0.4 is 5.32 Å². The van der Waals surface area contributed by atoms with Crippen molar-refractivity contribution in [1.29, 1.82) is 0 Å². The minimum atomic E-state index is 0.171. The lowest BCUT2D eigenvalue weighted by Gasteiger charge is -2.47. The zero-order valence-electron chi connectivity index (χ0n) is 11.6. The van der Waals surface area contributed by atoms with Crippen molar-refractivity contribution in [3.8, 4) is 0 Å². The van der Waals surface area contributed by atoms with E-state index in [0.717, 1.165) is 25.9 Å².